The zero-order valence-electron chi connectivity index (χ0n) is 28.8. The van der Waals surface area contributed by atoms with E-state index in [1.807, 2.05) is 55.5 Å². The van der Waals surface area contributed by atoms with Gasteiger partial charge in [-0.05, 0) is 95.5 Å². The molecule has 0 aliphatic carbocycles. The summed E-state index contributed by atoms with van der Waals surface area (Å²) in [6.07, 6.45) is 3.74. The number of benzene rings is 3. The van der Waals surface area contributed by atoms with E-state index >= 15 is 0 Å². The number of aliphatic hydroxyl groups is 1. The Morgan fingerprint density at radius 1 is 0.959 bits per heavy atom. The minimum Gasteiger partial charge on any atom is -0.393 e. The fraction of sp³-hybridized carbons (Fsp3) is 0.300. The second-order valence-corrected chi connectivity index (χ2v) is 13.7. The summed E-state index contributed by atoms with van der Waals surface area (Å²) in [5.74, 6) is -0.899. The number of pyridine rings is 1. The van der Waals surface area contributed by atoms with Crippen molar-refractivity contribution in [3.63, 3.8) is 0 Å². The highest BCUT2D eigenvalue weighted by molar-refractivity contribution is 6.07. The largest absolute Gasteiger partial charge is 0.393 e. The molecule has 9 heteroatoms. The Morgan fingerprint density at radius 3 is 2.31 bits per heavy atom. The van der Waals surface area contributed by atoms with Gasteiger partial charge in [0.1, 0.15) is 0 Å². The highest BCUT2D eigenvalue weighted by Crippen LogP contribution is 2.30. The molecule has 3 aromatic carbocycles. The molecule has 1 fully saturated rings. The minimum absolute atomic E-state index is 0.0142. The fourth-order valence-electron chi connectivity index (χ4n) is 6.09. The van der Waals surface area contributed by atoms with Crippen LogP contribution in [0.5, 0.6) is 0 Å². The first-order chi connectivity index (χ1) is 23.2. The molecule has 0 unspecified atom stereocenters. The lowest BCUT2D eigenvalue weighted by Gasteiger charge is -2.30. The summed E-state index contributed by atoms with van der Waals surface area (Å²) < 4.78 is 1.54. The Hall–Kier alpha value is -5.28. The Balaban J connectivity index is 1.42. The molecule has 1 aliphatic rings. The maximum absolute atomic E-state index is 13.4. The van der Waals surface area contributed by atoms with Crippen LogP contribution in [0.2, 0.25) is 0 Å². The molecule has 1 aliphatic heterocycles. The van der Waals surface area contributed by atoms with Crippen LogP contribution in [0.15, 0.2) is 90.4 Å². The van der Waals surface area contributed by atoms with Gasteiger partial charge < -0.3 is 25.2 Å². The highest BCUT2D eigenvalue weighted by Gasteiger charge is 2.25. The van der Waals surface area contributed by atoms with Gasteiger partial charge in [0.25, 0.3) is 17.4 Å². The van der Waals surface area contributed by atoms with E-state index in [4.69, 9.17) is 0 Å². The Bertz CT molecular complexity index is 1960. The zero-order valence-corrected chi connectivity index (χ0v) is 28.8. The van der Waals surface area contributed by atoms with Crippen LogP contribution in [0, 0.1) is 6.92 Å². The number of rotatable bonds is 8. The number of nitrogens with zero attached hydrogens (tertiary/aromatic N) is 2. The lowest BCUT2D eigenvalue weighted by atomic mass is 9.86. The third-order valence-electron chi connectivity index (χ3n) is 9.07. The van der Waals surface area contributed by atoms with Crippen LogP contribution in [0.25, 0.3) is 11.1 Å². The molecule has 3 amide bonds. The van der Waals surface area contributed by atoms with E-state index in [2.05, 4.69) is 38.0 Å². The van der Waals surface area contributed by atoms with Crippen molar-refractivity contribution in [2.45, 2.75) is 58.5 Å². The molecule has 0 saturated carbocycles. The van der Waals surface area contributed by atoms with Crippen LogP contribution in [-0.4, -0.2) is 51.5 Å². The number of amides is 3. The first-order valence-electron chi connectivity index (χ1n) is 16.5. The van der Waals surface area contributed by atoms with Gasteiger partial charge in [0.05, 0.1) is 17.4 Å². The third kappa shape index (κ3) is 8.06. The fourth-order valence-corrected chi connectivity index (χ4v) is 6.09. The van der Waals surface area contributed by atoms with Gasteiger partial charge in [-0.3, -0.25) is 19.2 Å². The first kappa shape index (κ1) is 35.0. The number of likely N-dealkylation sites (tertiary alicyclic amines) is 1. The van der Waals surface area contributed by atoms with E-state index in [-0.39, 0.29) is 29.2 Å². The normalized spacial score (nSPS) is 13.6. The van der Waals surface area contributed by atoms with Gasteiger partial charge in [-0.25, -0.2) is 0 Å². The molecule has 9 nitrogen and oxygen atoms in total. The molecule has 254 valence electrons. The summed E-state index contributed by atoms with van der Waals surface area (Å²) in [5, 5.41) is 15.7. The molecular weight excluding hydrogens is 616 g/mol. The first-order valence-corrected chi connectivity index (χ1v) is 16.5. The summed E-state index contributed by atoms with van der Waals surface area (Å²) in [6.45, 7) is 12.7. The minimum atomic E-state index is -0.456. The van der Waals surface area contributed by atoms with Crippen LogP contribution in [0.3, 0.4) is 0 Å². The number of aryl methyl sites for hydroxylation is 1. The van der Waals surface area contributed by atoms with Crippen LogP contribution < -0.4 is 16.2 Å². The molecule has 0 radical (unpaired) electrons. The van der Waals surface area contributed by atoms with Gasteiger partial charge in [0.15, 0.2) is 0 Å². The molecular formula is C40H44N4O5. The Kier molecular flexibility index (Phi) is 10.3. The van der Waals surface area contributed by atoms with Crippen molar-refractivity contribution < 1.29 is 19.5 Å². The predicted octanol–water partition coefficient (Wildman–Crippen LogP) is 6.22. The summed E-state index contributed by atoms with van der Waals surface area (Å²) >= 11 is 0. The number of anilines is 2. The van der Waals surface area contributed by atoms with Gasteiger partial charge in [-0.1, -0.05) is 57.7 Å². The van der Waals surface area contributed by atoms with Gasteiger partial charge in [-0.2, -0.15) is 0 Å². The summed E-state index contributed by atoms with van der Waals surface area (Å²) in [6, 6.07) is 20.3. The number of aliphatic hydroxyl groups excluding tert-OH is 1. The van der Waals surface area contributed by atoms with E-state index in [9.17, 15) is 24.3 Å². The van der Waals surface area contributed by atoms with E-state index in [0.717, 1.165) is 33.9 Å². The molecule has 1 saturated heterocycles. The molecule has 2 heterocycles. The Morgan fingerprint density at radius 2 is 1.65 bits per heavy atom. The third-order valence-corrected chi connectivity index (χ3v) is 9.07. The summed E-state index contributed by atoms with van der Waals surface area (Å²) in [7, 11) is 1.70. The summed E-state index contributed by atoms with van der Waals surface area (Å²) in [4.78, 5) is 54.0. The number of carbonyl (C=O) groups is 3. The number of piperidine rings is 1. The van der Waals surface area contributed by atoms with E-state index < -0.39 is 12.0 Å². The smallest absolute Gasteiger partial charge is 0.255 e. The van der Waals surface area contributed by atoms with Crippen LogP contribution in [0.1, 0.15) is 76.6 Å². The second kappa shape index (κ2) is 14.5. The average Bonchev–Trinajstić information content (AvgIpc) is 3.07. The number of nitrogens with one attached hydrogen (secondary N) is 2. The molecule has 4 aromatic rings. The van der Waals surface area contributed by atoms with Crippen LogP contribution in [0.4, 0.5) is 11.4 Å². The SMILES string of the molecule is C=CC(=O)Nc1cc(Cc2cc(-c3cccc(NC(=O)c4ccc(C(C)(C)C)cc4)c3C)cn(C)c2=O)ccc1C(=O)N1CCC(O)CC1. The zero-order chi connectivity index (χ0) is 35.5. The van der Waals surface area contributed by atoms with Crippen molar-refractivity contribution in [1.82, 2.24) is 9.47 Å². The van der Waals surface area contributed by atoms with Crippen molar-refractivity contribution in [2.24, 2.45) is 7.05 Å². The van der Waals surface area contributed by atoms with Crippen LogP contribution >= 0.6 is 0 Å². The molecule has 0 atom stereocenters. The van der Waals surface area contributed by atoms with E-state index in [1.165, 1.54) is 4.57 Å². The number of hydrogen-bond donors (Lipinski definition) is 3. The molecule has 49 heavy (non-hydrogen) atoms. The highest BCUT2D eigenvalue weighted by atomic mass is 16.3. The quantitative estimate of drug-likeness (QED) is 0.194. The molecule has 3 N–H and O–H groups in total. The molecule has 5 rings (SSSR count). The summed E-state index contributed by atoms with van der Waals surface area (Å²) in [5.41, 5.74) is 6.64. The van der Waals surface area contributed by atoms with Gasteiger partial charge in [0.2, 0.25) is 5.91 Å². The lowest BCUT2D eigenvalue weighted by Crippen LogP contribution is -2.40. The van der Waals surface area contributed by atoms with E-state index in [1.54, 1.807) is 36.3 Å². The second-order valence-electron chi connectivity index (χ2n) is 13.7. The maximum atomic E-state index is 13.4. The van der Waals surface area contributed by atoms with Crippen molar-refractivity contribution in [1.29, 1.82) is 0 Å². The van der Waals surface area contributed by atoms with Gasteiger partial charge in [0, 0.05) is 49.6 Å². The van der Waals surface area contributed by atoms with E-state index in [0.29, 0.717) is 54.0 Å². The van der Waals surface area contributed by atoms with Crippen molar-refractivity contribution >= 4 is 29.1 Å². The molecule has 0 bridgehead atoms. The van der Waals surface area contributed by atoms with Gasteiger partial charge >= 0.3 is 0 Å². The monoisotopic (exact) mass is 660 g/mol. The Labute approximate surface area is 287 Å². The van der Waals surface area contributed by atoms with Crippen molar-refractivity contribution in [3.8, 4) is 11.1 Å². The standard InChI is InChI=1S/C40H44N4O5/c1-7-36(46)41-35-22-26(11-16-33(35)39(49)44-19-17-31(45)18-20-44)21-28-23-29(24-43(6)38(28)48)32-9-8-10-34(25(32)2)42-37(47)27-12-14-30(15-13-27)40(3,4)5/h7-16,22-24,31,45H,1,17-21H2,2-6H3,(H,41,46)(H,42,47). The predicted molar refractivity (Wildman–Crippen MR) is 194 cm³/mol. The molecule has 0 spiro atoms. The van der Waals surface area contributed by atoms with Crippen molar-refractivity contribution in [2.75, 3.05) is 23.7 Å². The van der Waals surface area contributed by atoms with Crippen molar-refractivity contribution in [3.05, 3.63) is 129 Å². The topological polar surface area (TPSA) is 121 Å². The number of hydrogen-bond acceptors (Lipinski definition) is 5. The lowest BCUT2D eigenvalue weighted by molar-refractivity contribution is -0.111. The average molecular weight is 661 g/mol. The van der Waals surface area contributed by atoms with Crippen LogP contribution in [-0.2, 0) is 23.7 Å². The van der Waals surface area contributed by atoms with Gasteiger partial charge in [-0.15, -0.1) is 0 Å². The maximum Gasteiger partial charge on any atom is 0.255 e. The number of carbonyl (C=O) groups excluding carboxylic acids is 3. The number of aromatic nitrogens is 1. The molecule has 1 aromatic heterocycles.